The summed E-state index contributed by atoms with van der Waals surface area (Å²) in [6.07, 6.45) is 0. The Labute approximate surface area is 135 Å². The summed E-state index contributed by atoms with van der Waals surface area (Å²) < 4.78 is 24.0. The Morgan fingerprint density at radius 2 is 1.87 bits per heavy atom. The number of nitrogens with one attached hydrogen (secondary N) is 1. The van der Waals surface area contributed by atoms with Crippen molar-refractivity contribution in [1.82, 2.24) is 0 Å². The van der Waals surface area contributed by atoms with Crippen LogP contribution in [0, 0.1) is 5.82 Å². The minimum atomic E-state index is -0.338. The first-order valence-corrected chi connectivity index (χ1v) is 7.75. The molecule has 2 aromatic carbocycles. The van der Waals surface area contributed by atoms with Gasteiger partial charge in [-0.1, -0.05) is 6.07 Å². The van der Waals surface area contributed by atoms with Crippen molar-refractivity contribution in [2.24, 2.45) is 0 Å². The molecule has 1 heterocycles. The molecule has 2 aromatic rings. The maximum Gasteiger partial charge on any atom is 0.165 e. The summed E-state index contributed by atoms with van der Waals surface area (Å²) in [7, 11) is 1.46. The van der Waals surface area contributed by atoms with E-state index in [4.69, 9.17) is 9.47 Å². The maximum atomic E-state index is 13.7. The molecular formula is C18H21FN2O2. The molecule has 122 valence electrons. The zero-order valence-electron chi connectivity index (χ0n) is 13.2. The van der Waals surface area contributed by atoms with Crippen molar-refractivity contribution in [3.63, 3.8) is 0 Å². The zero-order valence-corrected chi connectivity index (χ0v) is 13.2. The molecule has 0 amide bonds. The van der Waals surface area contributed by atoms with Gasteiger partial charge in [0.05, 0.1) is 20.3 Å². The highest BCUT2D eigenvalue weighted by Crippen LogP contribution is 2.21. The largest absolute Gasteiger partial charge is 0.494 e. The van der Waals surface area contributed by atoms with Crippen LogP contribution in [0.15, 0.2) is 42.5 Å². The van der Waals surface area contributed by atoms with E-state index in [0.717, 1.165) is 37.6 Å². The number of nitrogens with zero attached hydrogens (tertiary/aromatic N) is 1. The smallest absolute Gasteiger partial charge is 0.165 e. The number of methoxy groups -OCH3 is 1. The molecule has 1 aliphatic heterocycles. The molecule has 0 radical (unpaired) electrons. The molecule has 4 nitrogen and oxygen atoms in total. The van der Waals surface area contributed by atoms with E-state index in [1.54, 1.807) is 6.07 Å². The van der Waals surface area contributed by atoms with Crippen molar-refractivity contribution in [2.45, 2.75) is 6.54 Å². The Morgan fingerprint density at radius 3 is 2.52 bits per heavy atom. The average molecular weight is 316 g/mol. The highest BCUT2D eigenvalue weighted by Gasteiger charge is 2.10. The lowest BCUT2D eigenvalue weighted by atomic mass is 10.2. The third-order valence-corrected chi connectivity index (χ3v) is 3.96. The number of anilines is 2. The summed E-state index contributed by atoms with van der Waals surface area (Å²) in [6, 6.07) is 13.3. The molecule has 0 aliphatic carbocycles. The number of ether oxygens (including phenoxy) is 2. The molecule has 1 saturated heterocycles. The van der Waals surface area contributed by atoms with Crippen LogP contribution in [0.5, 0.6) is 5.75 Å². The normalized spacial score (nSPS) is 14.6. The summed E-state index contributed by atoms with van der Waals surface area (Å²) in [5, 5.41) is 3.31. The van der Waals surface area contributed by atoms with Crippen LogP contribution in [-0.4, -0.2) is 33.4 Å². The second kappa shape index (κ2) is 7.33. The number of rotatable bonds is 5. The second-order valence-electron chi connectivity index (χ2n) is 5.47. The summed E-state index contributed by atoms with van der Waals surface area (Å²) in [4.78, 5) is 2.31. The van der Waals surface area contributed by atoms with E-state index in [2.05, 4.69) is 22.3 Å². The molecule has 0 aromatic heterocycles. The topological polar surface area (TPSA) is 33.7 Å². The van der Waals surface area contributed by atoms with Crippen LogP contribution in [0.2, 0.25) is 0 Å². The number of benzene rings is 2. The molecule has 1 aliphatic rings. The minimum absolute atomic E-state index is 0.267. The van der Waals surface area contributed by atoms with E-state index in [-0.39, 0.29) is 11.6 Å². The lowest BCUT2D eigenvalue weighted by molar-refractivity contribution is 0.122. The van der Waals surface area contributed by atoms with E-state index in [1.807, 2.05) is 18.2 Å². The van der Waals surface area contributed by atoms with E-state index in [0.29, 0.717) is 6.54 Å². The standard InChI is InChI=1S/C18H21FN2O2/c1-22-18-7-2-14(12-17(18)19)13-20-15-3-5-16(6-4-15)21-8-10-23-11-9-21/h2-7,12,20H,8-11,13H2,1H3. The monoisotopic (exact) mass is 316 g/mol. The molecule has 3 rings (SSSR count). The van der Waals surface area contributed by atoms with E-state index in [1.165, 1.54) is 18.9 Å². The zero-order chi connectivity index (χ0) is 16.1. The summed E-state index contributed by atoms with van der Waals surface area (Å²) >= 11 is 0. The van der Waals surface area contributed by atoms with Crippen molar-refractivity contribution < 1.29 is 13.9 Å². The van der Waals surface area contributed by atoms with Gasteiger partial charge in [-0.2, -0.15) is 0 Å². The van der Waals surface area contributed by atoms with Gasteiger partial charge in [0.2, 0.25) is 0 Å². The van der Waals surface area contributed by atoms with Crippen LogP contribution in [0.1, 0.15) is 5.56 Å². The van der Waals surface area contributed by atoms with Gasteiger partial charge in [-0.15, -0.1) is 0 Å². The fourth-order valence-corrected chi connectivity index (χ4v) is 2.64. The number of morpholine rings is 1. The number of hydrogen-bond donors (Lipinski definition) is 1. The van der Waals surface area contributed by atoms with Crippen LogP contribution in [0.4, 0.5) is 15.8 Å². The second-order valence-corrected chi connectivity index (χ2v) is 5.47. The van der Waals surface area contributed by atoms with Gasteiger partial charge in [0.25, 0.3) is 0 Å². The van der Waals surface area contributed by atoms with Crippen LogP contribution in [0.3, 0.4) is 0 Å². The van der Waals surface area contributed by atoms with Gasteiger partial charge in [-0.05, 0) is 42.0 Å². The van der Waals surface area contributed by atoms with Crippen LogP contribution in [0.25, 0.3) is 0 Å². The van der Waals surface area contributed by atoms with E-state index < -0.39 is 0 Å². The van der Waals surface area contributed by atoms with Gasteiger partial charge in [0.15, 0.2) is 11.6 Å². The molecule has 23 heavy (non-hydrogen) atoms. The van der Waals surface area contributed by atoms with Crippen molar-refractivity contribution in [3.8, 4) is 5.75 Å². The Morgan fingerprint density at radius 1 is 1.13 bits per heavy atom. The van der Waals surface area contributed by atoms with Gasteiger partial charge < -0.3 is 19.7 Å². The highest BCUT2D eigenvalue weighted by molar-refractivity contribution is 5.55. The van der Waals surface area contributed by atoms with Crippen molar-refractivity contribution in [1.29, 1.82) is 0 Å². The first-order valence-electron chi connectivity index (χ1n) is 7.75. The third kappa shape index (κ3) is 3.93. The Bertz CT molecular complexity index is 640. The lowest BCUT2D eigenvalue weighted by Crippen LogP contribution is -2.36. The summed E-state index contributed by atoms with van der Waals surface area (Å²) in [5.41, 5.74) is 3.09. The number of hydrogen-bond acceptors (Lipinski definition) is 4. The number of halogens is 1. The predicted molar refractivity (Wildman–Crippen MR) is 89.8 cm³/mol. The van der Waals surface area contributed by atoms with Gasteiger partial charge in [-0.3, -0.25) is 0 Å². The van der Waals surface area contributed by atoms with Crippen LogP contribution >= 0.6 is 0 Å². The summed E-state index contributed by atoms with van der Waals surface area (Å²) in [5.74, 6) is -0.0712. The maximum absolute atomic E-state index is 13.7. The van der Waals surface area contributed by atoms with Crippen molar-refractivity contribution in [3.05, 3.63) is 53.8 Å². The fraction of sp³-hybridized carbons (Fsp3) is 0.333. The molecule has 0 unspecified atom stereocenters. The van der Waals surface area contributed by atoms with E-state index in [9.17, 15) is 4.39 Å². The Kier molecular flexibility index (Phi) is 4.98. The summed E-state index contributed by atoms with van der Waals surface area (Å²) in [6.45, 7) is 3.99. The molecule has 0 bridgehead atoms. The molecule has 0 saturated carbocycles. The highest BCUT2D eigenvalue weighted by atomic mass is 19.1. The minimum Gasteiger partial charge on any atom is -0.494 e. The Balaban J connectivity index is 1.59. The Hall–Kier alpha value is -2.27. The lowest BCUT2D eigenvalue weighted by Gasteiger charge is -2.28. The third-order valence-electron chi connectivity index (χ3n) is 3.96. The first-order chi connectivity index (χ1) is 11.3. The van der Waals surface area contributed by atoms with Crippen molar-refractivity contribution in [2.75, 3.05) is 43.6 Å². The molecule has 0 spiro atoms. The quantitative estimate of drug-likeness (QED) is 0.918. The molecule has 1 fully saturated rings. The molecular weight excluding hydrogens is 295 g/mol. The fourth-order valence-electron chi connectivity index (χ4n) is 2.64. The first kappa shape index (κ1) is 15.6. The van der Waals surface area contributed by atoms with Gasteiger partial charge in [0.1, 0.15) is 0 Å². The van der Waals surface area contributed by atoms with Crippen LogP contribution < -0.4 is 15.0 Å². The van der Waals surface area contributed by atoms with Gasteiger partial charge in [-0.25, -0.2) is 4.39 Å². The van der Waals surface area contributed by atoms with Crippen LogP contribution in [-0.2, 0) is 11.3 Å². The van der Waals surface area contributed by atoms with Gasteiger partial charge >= 0.3 is 0 Å². The van der Waals surface area contributed by atoms with Gasteiger partial charge in [0, 0.05) is 31.0 Å². The SMILES string of the molecule is COc1ccc(CNc2ccc(N3CCOCC3)cc2)cc1F. The molecule has 0 atom stereocenters. The average Bonchev–Trinajstić information content (AvgIpc) is 2.61. The molecule has 1 N–H and O–H groups in total. The molecule has 5 heteroatoms. The predicted octanol–water partition coefficient (Wildman–Crippen LogP) is 3.28. The van der Waals surface area contributed by atoms with Crippen molar-refractivity contribution >= 4 is 11.4 Å². The van der Waals surface area contributed by atoms with E-state index >= 15 is 0 Å².